The fourth-order valence-corrected chi connectivity index (χ4v) is 1.54. The summed E-state index contributed by atoms with van der Waals surface area (Å²) in [4.78, 5) is 10.5. The summed E-state index contributed by atoms with van der Waals surface area (Å²) in [5.41, 5.74) is 0. The van der Waals surface area contributed by atoms with Crippen molar-refractivity contribution < 1.29 is 18.0 Å². The van der Waals surface area contributed by atoms with E-state index in [1.165, 1.54) is 6.92 Å². The van der Waals surface area contributed by atoms with Crippen LogP contribution in [0.5, 0.6) is 0 Å². The van der Waals surface area contributed by atoms with Gasteiger partial charge in [-0.1, -0.05) is 11.8 Å². The molecule has 0 heterocycles. The van der Waals surface area contributed by atoms with Gasteiger partial charge in [-0.2, -0.15) is 0 Å². The highest BCUT2D eigenvalue weighted by atomic mass is 32.2. The molecule has 0 spiro atoms. The van der Waals surface area contributed by atoms with Gasteiger partial charge in [0.15, 0.2) is 5.12 Å². The number of rotatable bonds is 6. The Morgan fingerprint density at radius 3 is 2.36 bits per heavy atom. The van der Waals surface area contributed by atoms with Crippen LogP contribution in [-0.4, -0.2) is 29.4 Å². The lowest BCUT2D eigenvalue weighted by molar-refractivity contribution is -0.109. The van der Waals surface area contributed by atoms with Gasteiger partial charge in [0.05, 0.1) is 0 Å². The van der Waals surface area contributed by atoms with Crippen LogP contribution < -0.4 is 0 Å². The van der Waals surface area contributed by atoms with Crippen molar-refractivity contribution in [1.29, 1.82) is 0 Å². The molecule has 0 bridgehead atoms. The smallest absolute Gasteiger partial charge is 0.185 e. The summed E-state index contributed by atoms with van der Waals surface area (Å²) in [5, 5.41) is -0.0899. The van der Waals surface area contributed by atoms with Crippen molar-refractivity contribution in [3.8, 4) is 0 Å². The molecule has 0 aliphatic carbocycles. The second-order valence-corrected chi connectivity index (χ2v) is 4.43. The Morgan fingerprint density at radius 2 is 1.93 bits per heavy atom. The molecule has 3 unspecified atom stereocenters. The highest BCUT2D eigenvalue weighted by Gasteiger charge is 2.20. The van der Waals surface area contributed by atoms with Crippen molar-refractivity contribution in [3.05, 3.63) is 0 Å². The standard InChI is InChI=1S/C9H15F3OS/c1-6(10)9(12)5-8(11)3-4-14-7(2)13/h6,8-9H,3-5H2,1-2H3. The van der Waals surface area contributed by atoms with Crippen LogP contribution >= 0.6 is 11.8 Å². The van der Waals surface area contributed by atoms with Crippen LogP contribution in [0.2, 0.25) is 0 Å². The Bertz CT molecular complexity index is 175. The normalized spacial score (nSPS) is 17.5. The van der Waals surface area contributed by atoms with Gasteiger partial charge in [-0.3, -0.25) is 4.79 Å². The van der Waals surface area contributed by atoms with Crippen LogP contribution in [0.3, 0.4) is 0 Å². The lowest BCUT2D eigenvalue weighted by Gasteiger charge is -2.12. The number of carbonyl (C=O) groups excluding carboxylic acids is 1. The average Bonchev–Trinajstić information content (AvgIpc) is 2.02. The predicted molar refractivity (Wildman–Crippen MR) is 52.7 cm³/mol. The molecule has 84 valence electrons. The number of hydrogen-bond acceptors (Lipinski definition) is 2. The minimum atomic E-state index is -1.74. The van der Waals surface area contributed by atoms with Crippen molar-refractivity contribution in [1.82, 2.24) is 0 Å². The van der Waals surface area contributed by atoms with Crippen molar-refractivity contribution >= 4 is 16.9 Å². The minimum Gasteiger partial charge on any atom is -0.288 e. The van der Waals surface area contributed by atoms with E-state index in [-0.39, 0.29) is 11.5 Å². The third kappa shape index (κ3) is 7.24. The number of carbonyl (C=O) groups is 1. The first-order valence-electron chi connectivity index (χ1n) is 4.49. The number of halogens is 3. The number of hydrogen-bond donors (Lipinski definition) is 0. The molecule has 0 aliphatic heterocycles. The molecule has 0 saturated carbocycles. The van der Waals surface area contributed by atoms with Crippen LogP contribution in [0, 0.1) is 0 Å². The molecule has 0 aromatic heterocycles. The third-order valence-corrected chi connectivity index (χ3v) is 2.56. The maximum atomic E-state index is 12.9. The Labute approximate surface area is 86.4 Å². The van der Waals surface area contributed by atoms with Crippen molar-refractivity contribution in [3.63, 3.8) is 0 Å². The third-order valence-electron chi connectivity index (χ3n) is 1.72. The summed E-state index contributed by atoms with van der Waals surface area (Å²) in [5.74, 6) is 0.323. The fourth-order valence-electron chi connectivity index (χ4n) is 0.880. The molecular formula is C9H15F3OS. The predicted octanol–water partition coefficient (Wildman–Crippen LogP) is 3.08. The molecule has 0 fully saturated rings. The highest BCUT2D eigenvalue weighted by Crippen LogP contribution is 2.17. The van der Waals surface area contributed by atoms with E-state index in [1.54, 1.807) is 0 Å². The Kier molecular flexibility index (Phi) is 7.05. The quantitative estimate of drug-likeness (QED) is 0.695. The lowest BCUT2D eigenvalue weighted by atomic mass is 10.1. The van der Waals surface area contributed by atoms with Gasteiger partial charge in [0.1, 0.15) is 18.5 Å². The zero-order valence-electron chi connectivity index (χ0n) is 8.30. The van der Waals surface area contributed by atoms with E-state index in [0.29, 0.717) is 5.75 Å². The molecule has 0 aliphatic rings. The SMILES string of the molecule is CC(=O)SCCC(F)CC(F)C(C)F. The van der Waals surface area contributed by atoms with E-state index < -0.39 is 24.9 Å². The van der Waals surface area contributed by atoms with Crippen LogP contribution in [0.1, 0.15) is 26.7 Å². The molecule has 0 aromatic rings. The molecule has 0 saturated heterocycles. The van der Waals surface area contributed by atoms with E-state index in [4.69, 9.17) is 0 Å². The summed E-state index contributed by atoms with van der Waals surface area (Å²) in [6.07, 6.45) is -5.07. The molecular weight excluding hydrogens is 213 g/mol. The topological polar surface area (TPSA) is 17.1 Å². The van der Waals surface area contributed by atoms with Gasteiger partial charge >= 0.3 is 0 Å². The van der Waals surface area contributed by atoms with Gasteiger partial charge in [-0.05, 0) is 13.3 Å². The van der Waals surface area contributed by atoms with Crippen LogP contribution in [0.25, 0.3) is 0 Å². The van der Waals surface area contributed by atoms with Crippen LogP contribution in [0.15, 0.2) is 0 Å². The maximum Gasteiger partial charge on any atom is 0.185 e. The van der Waals surface area contributed by atoms with Gasteiger partial charge in [0.2, 0.25) is 0 Å². The fraction of sp³-hybridized carbons (Fsp3) is 0.889. The molecule has 1 nitrogen and oxygen atoms in total. The van der Waals surface area contributed by atoms with Crippen molar-refractivity contribution in [2.75, 3.05) is 5.75 Å². The van der Waals surface area contributed by atoms with Gasteiger partial charge in [-0.25, -0.2) is 13.2 Å². The second kappa shape index (κ2) is 7.15. The second-order valence-electron chi connectivity index (χ2n) is 3.16. The summed E-state index contributed by atoms with van der Waals surface area (Å²) < 4.78 is 37.9. The van der Waals surface area contributed by atoms with Gasteiger partial charge in [-0.15, -0.1) is 0 Å². The van der Waals surface area contributed by atoms with E-state index >= 15 is 0 Å². The minimum absolute atomic E-state index is 0.0899. The maximum absolute atomic E-state index is 12.9. The zero-order chi connectivity index (χ0) is 11.1. The first-order chi connectivity index (χ1) is 6.43. The van der Waals surface area contributed by atoms with E-state index in [0.717, 1.165) is 18.7 Å². The lowest BCUT2D eigenvalue weighted by Crippen LogP contribution is -2.19. The summed E-state index contributed by atoms with van der Waals surface area (Å²) in [7, 11) is 0. The Balaban J connectivity index is 3.54. The van der Waals surface area contributed by atoms with Gasteiger partial charge in [0.25, 0.3) is 0 Å². The first kappa shape index (κ1) is 13.8. The van der Waals surface area contributed by atoms with Crippen LogP contribution in [0.4, 0.5) is 13.2 Å². The molecule has 0 N–H and O–H groups in total. The largest absolute Gasteiger partial charge is 0.288 e. The first-order valence-corrected chi connectivity index (χ1v) is 5.47. The molecule has 0 rings (SSSR count). The molecule has 3 atom stereocenters. The zero-order valence-corrected chi connectivity index (χ0v) is 9.12. The average molecular weight is 228 g/mol. The van der Waals surface area contributed by atoms with E-state index in [1.807, 2.05) is 0 Å². The Morgan fingerprint density at radius 1 is 1.36 bits per heavy atom. The van der Waals surface area contributed by atoms with Crippen molar-refractivity contribution in [2.24, 2.45) is 0 Å². The van der Waals surface area contributed by atoms with E-state index in [9.17, 15) is 18.0 Å². The summed E-state index contributed by atoms with van der Waals surface area (Å²) >= 11 is 1.000. The van der Waals surface area contributed by atoms with E-state index in [2.05, 4.69) is 0 Å². The molecule has 0 radical (unpaired) electrons. The monoisotopic (exact) mass is 228 g/mol. The van der Waals surface area contributed by atoms with Gasteiger partial charge in [0, 0.05) is 19.1 Å². The summed E-state index contributed by atoms with van der Waals surface area (Å²) in [6.45, 7) is 2.46. The van der Waals surface area contributed by atoms with Crippen molar-refractivity contribution in [2.45, 2.75) is 45.2 Å². The Hall–Kier alpha value is -0.190. The van der Waals surface area contributed by atoms with Crippen LogP contribution in [-0.2, 0) is 4.79 Å². The molecule has 0 aromatic carbocycles. The molecule has 0 amide bonds. The molecule has 14 heavy (non-hydrogen) atoms. The van der Waals surface area contributed by atoms with Gasteiger partial charge < -0.3 is 0 Å². The summed E-state index contributed by atoms with van der Waals surface area (Å²) in [6, 6.07) is 0. The number of thioether (sulfide) groups is 1. The molecule has 5 heteroatoms. The highest BCUT2D eigenvalue weighted by molar-refractivity contribution is 8.13. The number of alkyl halides is 3.